The van der Waals surface area contributed by atoms with Crippen molar-refractivity contribution < 1.29 is 13.3 Å². The lowest BCUT2D eigenvalue weighted by atomic mass is 10.5. The topological polar surface area (TPSA) is 20.2 Å². The van der Waals surface area contributed by atoms with Crippen LogP contribution in [-0.4, -0.2) is 20.5 Å². The summed E-state index contributed by atoms with van der Waals surface area (Å²) in [5.41, 5.74) is 0. The number of hydrogen-bond donors (Lipinski definition) is 1. The minimum atomic E-state index is -3.86. The van der Waals surface area contributed by atoms with E-state index in [4.69, 9.17) is 5.11 Å². The zero-order valence-electron chi connectivity index (χ0n) is 5.53. The second kappa shape index (κ2) is 3.95. The fraction of sp³-hybridized carbons (Fsp3) is 1.00. The predicted molar refractivity (Wildman–Crippen MR) is 35.0 cm³/mol. The molecule has 0 atom stereocenters. The lowest BCUT2D eigenvalue weighted by Gasteiger charge is -2.07. The van der Waals surface area contributed by atoms with Crippen molar-refractivity contribution in [3.8, 4) is 0 Å². The summed E-state index contributed by atoms with van der Waals surface area (Å²) in [6.45, 7) is 1.40. The smallest absolute Gasteiger partial charge is 0.396 e. The maximum atomic E-state index is 12.4. The molecule has 1 nitrogen and oxygen atoms in total. The molecule has 0 aromatic carbocycles. The first kappa shape index (κ1) is 9.04. The lowest BCUT2D eigenvalue weighted by molar-refractivity contribution is 0.292. The molecule has 0 fully saturated rings. The maximum absolute atomic E-state index is 12.4. The molecule has 0 spiro atoms. The van der Waals surface area contributed by atoms with Crippen LogP contribution in [0.1, 0.15) is 13.3 Å². The summed E-state index contributed by atoms with van der Waals surface area (Å²) >= 11 is 0. The van der Waals surface area contributed by atoms with E-state index in [9.17, 15) is 8.22 Å². The summed E-state index contributed by atoms with van der Waals surface area (Å²) in [7, 11) is -3.86. The van der Waals surface area contributed by atoms with Crippen LogP contribution in [0.5, 0.6) is 0 Å². The van der Waals surface area contributed by atoms with Crippen molar-refractivity contribution in [1.29, 1.82) is 0 Å². The SMILES string of the molecule is CC[Si](F)(F)CCCO. The molecule has 0 aliphatic rings. The Bertz CT molecular complexity index is 77.4. The summed E-state index contributed by atoms with van der Waals surface area (Å²) < 4.78 is 24.7. The second-order valence-corrected chi connectivity index (χ2v) is 4.96. The van der Waals surface area contributed by atoms with Gasteiger partial charge in [-0.15, -0.1) is 0 Å². The van der Waals surface area contributed by atoms with E-state index in [0.717, 1.165) is 0 Å². The van der Waals surface area contributed by atoms with Crippen LogP contribution in [0.2, 0.25) is 12.1 Å². The Morgan fingerprint density at radius 3 is 2.33 bits per heavy atom. The summed E-state index contributed by atoms with van der Waals surface area (Å²) in [6.07, 6.45) is 0.257. The van der Waals surface area contributed by atoms with Crippen LogP contribution in [0.4, 0.5) is 8.22 Å². The molecule has 0 unspecified atom stereocenters. The van der Waals surface area contributed by atoms with Gasteiger partial charge in [-0.25, -0.2) is 0 Å². The average molecular weight is 154 g/mol. The van der Waals surface area contributed by atoms with Gasteiger partial charge >= 0.3 is 8.74 Å². The Morgan fingerprint density at radius 2 is 2.00 bits per heavy atom. The van der Waals surface area contributed by atoms with Crippen LogP contribution in [0.25, 0.3) is 0 Å². The highest BCUT2D eigenvalue weighted by atomic mass is 28.4. The van der Waals surface area contributed by atoms with E-state index in [1.165, 1.54) is 6.92 Å². The van der Waals surface area contributed by atoms with Crippen molar-refractivity contribution in [1.82, 2.24) is 0 Å². The minimum Gasteiger partial charge on any atom is -0.396 e. The summed E-state index contributed by atoms with van der Waals surface area (Å²) in [4.78, 5) is 0. The van der Waals surface area contributed by atoms with Gasteiger partial charge in [0.1, 0.15) is 0 Å². The van der Waals surface area contributed by atoms with Gasteiger partial charge in [-0.2, -0.15) is 0 Å². The Labute approximate surface area is 55.1 Å². The fourth-order valence-electron chi connectivity index (χ4n) is 0.514. The molecule has 1 N–H and O–H groups in total. The third-order valence-electron chi connectivity index (χ3n) is 1.22. The van der Waals surface area contributed by atoms with Crippen LogP contribution in [0.15, 0.2) is 0 Å². The summed E-state index contributed by atoms with van der Waals surface area (Å²) in [5.74, 6) is 0. The lowest BCUT2D eigenvalue weighted by Crippen LogP contribution is -2.20. The van der Waals surface area contributed by atoms with E-state index in [1.54, 1.807) is 0 Å². The zero-order valence-corrected chi connectivity index (χ0v) is 6.53. The Balaban J connectivity index is 3.33. The summed E-state index contributed by atoms with van der Waals surface area (Å²) in [6, 6.07) is -0.0486. The first-order chi connectivity index (χ1) is 4.12. The van der Waals surface area contributed by atoms with Crippen LogP contribution in [-0.2, 0) is 0 Å². The van der Waals surface area contributed by atoms with Gasteiger partial charge in [-0.1, -0.05) is 6.92 Å². The molecule has 0 radical (unpaired) electrons. The molecule has 0 heterocycles. The van der Waals surface area contributed by atoms with E-state index in [-0.39, 0.29) is 25.1 Å². The first-order valence-electron chi connectivity index (χ1n) is 3.11. The summed E-state index contributed by atoms with van der Waals surface area (Å²) in [5, 5.41) is 8.21. The van der Waals surface area contributed by atoms with Crippen molar-refractivity contribution >= 4 is 8.74 Å². The Kier molecular flexibility index (Phi) is 3.97. The molecule has 56 valence electrons. The third kappa shape index (κ3) is 4.53. The molecule has 0 saturated heterocycles. The highest BCUT2D eigenvalue weighted by Crippen LogP contribution is 2.19. The van der Waals surface area contributed by atoms with Crippen LogP contribution in [0.3, 0.4) is 0 Å². The predicted octanol–water partition coefficient (Wildman–Crippen LogP) is 1.77. The Morgan fingerprint density at radius 1 is 1.44 bits per heavy atom. The number of aliphatic hydroxyl groups excluding tert-OH is 1. The monoisotopic (exact) mass is 154 g/mol. The fourth-order valence-corrected chi connectivity index (χ4v) is 1.54. The van der Waals surface area contributed by atoms with E-state index >= 15 is 0 Å². The van der Waals surface area contributed by atoms with Gasteiger partial charge in [0.25, 0.3) is 0 Å². The van der Waals surface area contributed by atoms with Crippen molar-refractivity contribution in [2.75, 3.05) is 6.61 Å². The third-order valence-corrected chi connectivity index (χ3v) is 3.34. The van der Waals surface area contributed by atoms with Gasteiger partial charge in [0.2, 0.25) is 0 Å². The molecule has 0 saturated carbocycles. The van der Waals surface area contributed by atoms with Gasteiger partial charge in [0.05, 0.1) is 0 Å². The zero-order chi connectivity index (χ0) is 7.33. The molecular weight excluding hydrogens is 142 g/mol. The molecule has 0 amide bonds. The largest absolute Gasteiger partial charge is 0.424 e. The molecule has 0 rings (SSSR count). The highest BCUT2D eigenvalue weighted by molar-refractivity contribution is 6.65. The molecule has 0 aromatic rings. The average Bonchev–Trinajstić information content (AvgIpc) is 1.84. The van der Waals surface area contributed by atoms with Gasteiger partial charge in [0, 0.05) is 12.7 Å². The molecule has 0 aromatic heterocycles. The maximum Gasteiger partial charge on any atom is 0.424 e. The Hall–Kier alpha value is 0.0369. The van der Waals surface area contributed by atoms with Gasteiger partial charge in [0.15, 0.2) is 0 Å². The standard InChI is InChI=1S/C5H12F2OSi/c1-2-9(6,7)5-3-4-8/h8H,2-5H2,1H3. The number of aliphatic hydroxyl groups is 1. The molecular formula is C5H12F2OSi. The van der Waals surface area contributed by atoms with Crippen LogP contribution >= 0.6 is 0 Å². The van der Waals surface area contributed by atoms with Crippen molar-refractivity contribution in [2.24, 2.45) is 0 Å². The van der Waals surface area contributed by atoms with Crippen LogP contribution < -0.4 is 0 Å². The van der Waals surface area contributed by atoms with Crippen molar-refractivity contribution in [2.45, 2.75) is 25.4 Å². The van der Waals surface area contributed by atoms with E-state index in [1.807, 2.05) is 0 Å². The minimum absolute atomic E-state index is 0.00694. The number of rotatable bonds is 4. The molecule has 9 heavy (non-hydrogen) atoms. The molecule has 0 aliphatic carbocycles. The normalized spacial score (nSPS) is 12.0. The number of halogens is 2. The van der Waals surface area contributed by atoms with Gasteiger partial charge in [-0.05, 0) is 12.5 Å². The quantitative estimate of drug-likeness (QED) is 0.483. The van der Waals surface area contributed by atoms with Crippen molar-refractivity contribution in [3.63, 3.8) is 0 Å². The van der Waals surface area contributed by atoms with E-state index in [0.29, 0.717) is 0 Å². The molecule has 4 heteroatoms. The highest BCUT2D eigenvalue weighted by Gasteiger charge is 2.31. The second-order valence-electron chi connectivity index (χ2n) is 2.04. The first-order valence-corrected chi connectivity index (χ1v) is 5.28. The van der Waals surface area contributed by atoms with Gasteiger partial charge in [-0.3, -0.25) is 8.22 Å². The van der Waals surface area contributed by atoms with Crippen molar-refractivity contribution in [3.05, 3.63) is 0 Å². The number of hydrogen-bond acceptors (Lipinski definition) is 1. The van der Waals surface area contributed by atoms with Crippen LogP contribution in [0, 0.1) is 0 Å². The molecule has 0 bridgehead atoms. The van der Waals surface area contributed by atoms with Gasteiger partial charge < -0.3 is 5.11 Å². The van der Waals surface area contributed by atoms with E-state index < -0.39 is 8.74 Å². The molecule has 0 aliphatic heterocycles. The van der Waals surface area contributed by atoms with E-state index in [2.05, 4.69) is 0 Å².